The lowest BCUT2D eigenvalue weighted by atomic mass is 9.79. The van der Waals surface area contributed by atoms with Crippen LogP contribution in [-0.2, 0) is 26.8 Å². The van der Waals surface area contributed by atoms with Crippen molar-refractivity contribution in [1.29, 1.82) is 0 Å². The van der Waals surface area contributed by atoms with Crippen LogP contribution in [0.4, 0.5) is 11.4 Å². The van der Waals surface area contributed by atoms with Crippen LogP contribution >= 0.6 is 0 Å². The van der Waals surface area contributed by atoms with E-state index in [0.717, 1.165) is 11.3 Å². The van der Waals surface area contributed by atoms with Gasteiger partial charge >= 0.3 is 0 Å². The van der Waals surface area contributed by atoms with Crippen molar-refractivity contribution in [3.8, 4) is 5.75 Å². The smallest absolute Gasteiger partial charge is 0.205 e. The molecule has 0 aliphatic heterocycles. The molecule has 1 radical (unpaired) electrons. The lowest BCUT2D eigenvalue weighted by Gasteiger charge is -2.28. The van der Waals surface area contributed by atoms with Crippen molar-refractivity contribution in [2.75, 3.05) is 5.32 Å². The van der Waals surface area contributed by atoms with Gasteiger partial charge in [-0.2, -0.15) is 0 Å². The molecular weight excluding hydrogens is 366 g/mol. The molecule has 2 aromatic carbocycles. The molecule has 165 valence electrons. The maximum Gasteiger partial charge on any atom is 0.205 e. The highest BCUT2D eigenvalue weighted by Crippen LogP contribution is 2.42. The minimum atomic E-state index is -0.210. The Bertz CT molecular complexity index is 878. The third-order valence-electron chi connectivity index (χ3n) is 5.71. The Hall–Kier alpha value is -1.96. The van der Waals surface area contributed by atoms with E-state index >= 15 is 0 Å². The molecule has 30 heavy (non-hydrogen) atoms. The molecule has 0 spiro atoms. The maximum absolute atomic E-state index is 13.4. The summed E-state index contributed by atoms with van der Waals surface area (Å²) in [6.45, 7) is 26.3. The zero-order valence-electron chi connectivity index (χ0n) is 21.3. The van der Waals surface area contributed by atoms with E-state index in [2.05, 4.69) is 113 Å². The first-order valence-electron chi connectivity index (χ1n) is 11.1. The molecule has 0 aliphatic rings. The summed E-state index contributed by atoms with van der Waals surface area (Å²) in [6, 6.07) is 10.8. The van der Waals surface area contributed by atoms with Gasteiger partial charge in [0, 0.05) is 11.3 Å². The van der Waals surface area contributed by atoms with Crippen molar-refractivity contribution < 1.29 is 5.11 Å². The number of rotatable bonds is 2. The molecule has 2 aromatic rings. The van der Waals surface area contributed by atoms with Crippen LogP contribution in [0.2, 0.25) is 0 Å². The van der Waals surface area contributed by atoms with E-state index in [4.69, 9.17) is 0 Å². The van der Waals surface area contributed by atoms with E-state index in [1.807, 2.05) is 6.07 Å². The number of hydrogen-bond donors (Lipinski definition) is 1. The summed E-state index contributed by atoms with van der Waals surface area (Å²) >= 11 is 0. The number of anilines is 2. The van der Waals surface area contributed by atoms with Crippen molar-refractivity contribution >= 4 is 11.4 Å². The fraction of sp³-hybridized carbons (Fsp3) is 0.571. The second-order valence-electron chi connectivity index (χ2n) is 12.8. The second kappa shape index (κ2) is 7.62. The fourth-order valence-corrected chi connectivity index (χ4v) is 3.43. The van der Waals surface area contributed by atoms with Gasteiger partial charge in [-0.1, -0.05) is 95.2 Å². The highest BCUT2D eigenvalue weighted by atomic mass is 16.3. The van der Waals surface area contributed by atoms with Crippen molar-refractivity contribution in [2.45, 2.75) is 105 Å². The van der Waals surface area contributed by atoms with Gasteiger partial charge in [-0.3, -0.25) is 5.11 Å². The maximum atomic E-state index is 13.4. The molecule has 0 saturated carbocycles. The minimum absolute atomic E-state index is 0.0296. The Balaban J connectivity index is 2.70. The monoisotopic (exact) mass is 408 g/mol. The Morgan fingerprint density at radius 2 is 0.933 bits per heavy atom. The SMILES string of the molecule is CC(C)(C)c1cc(Nc2cc(C(C)(C)C)cc(C(C)(C)C)c2[O])cc(C(C)(C)C)c1. The molecular formula is C28H42NO. The highest BCUT2D eigenvalue weighted by Gasteiger charge is 2.27. The molecule has 2 heteroatoms. The van der Waals surface area contributed by atoms with Crippen molar-refractivity contribution in [3.63, 3.8) is 0 Å². The van der Waals surface area contributed by atoms with Gasteiger partial charge in [-0.05, 0) is 56.5 Å². The van der Waals surface area contributed by atoms with Crippen LogP contribution in [0.1, 0.15) is 105 Å². The molecule has 2 rings (SSSR count). The summed E-state index contributed by atoms with van der Waals surface area (Å²) in [5.41, 5.74) is 6.04. The van der Waals surface area contributed by atoms with Gasteiger partial charge in [0.05, 0.1) is 5.69 Å². The van der Waals surface area contributed by atoms with Crippen LogP contribution < -0.4 is 5.32 Å². The van der Waals surface area contributed by atoms with Gasteiger partial charge in [0.2, 0.25) is 5.75 Å². The molecule has 0 fully saturated rings. The summed E-state index contributed by atoms with van der Waals surface area (Å²) in [6.07, 6.45) is 0. The van der Waals surface area contributed by atoms with Crippen LogP contribution in [0.15, 0.2) is 30.3 Å². The van der Waals surface area contributed by atoms with E-state index in [0.29, 0.717) is 5.69 Å². The molecule has 0 atom stereocenters. The minimum Gasteiger partial charge on any atom is -0.352 e. The van der Waals surface area contributed by atoms with Gasteiger partial charge in [-0.15, -0.1) is 0 Å². The van der Waals surface area contributed by atoms with Gasteiger partial charge in [0.25, 0.3) is 0 Å². The van der Waals surface area contributed by atoms with Crippen molar-refractivity contribution in [1.82, 2.24) is 0 Å². The molecule has 2 nitrogen and oxygen atoms in total. The van der Waals surface area contributed by atoms with Crippen LogP contribution in [0.25, 0.3) is 0 Å². The molecule has 0 bridgehead atoms. The Labute approximate surface area is 185 Å². The molecule has 0 heterocycles. The predicted octanol–water partition coefficient (Wildman–Crippen LogP) is 8.76. The van der Waals surface area contributed by atoms with Gasteiger partial charge in [0.15, 0.2) is 0 Å². The highest BCUT2D eigenvalue weighted by molar-refractivity contribution is 5.71. The zero-order valence-corrected chi connectivity index (χ0v) is 21.3. The van der Waals surface area contributed by atoms with Crippen LogP contribution in [0.3, 0.4) is 0 Å². The van der Waals surface area contributed by atoms with E-state index in [9.17, 15) is 5.11 Å². The number of hydrogen-bond acceptors (Lipinski definition) is 1. The lowest BCUT2D eigenvalue weighted by Crippen LogP contribution is -2.18. The first-order valence-corrected chi connectivity index (χ1v) is 11.1. The standard InChI is InChI=1S/C28H42NO/c1-25(2,3)18-13-19(26(4,5)6)15-21(14-18)29-23-17-20(27(7,8)9)16-22(24(23)30)28(10,11)12/h13-17,29H,1-12H3. The van der Waals surface area contributed by atoms with E-state index in [1.165, 1.54) is 16.7 Å². The molecule has 0 aliphatic carbocycles. The average molecular weight is 409 g/mol. The Morgan fingerprint density at radius 3 is 1.30 bits per heavy atom. The summed E-state index contributed by atoms with van der Waals surface area (Å²) < 4.78 is 0. The molecule has 0 saturated heterocycles. The first kappa shape index (κ1) is 24.3. The molecule has 0 amide bonds. The van der Waals surface area contributed by atoms with Crippen LogP contribution in [0.5, 0.6) is 5.75 Å². The first-order chi connectivity index (χ1) is 13.3. The zero-order chi connectivity index (χ0) is 23.3. The van der Waals surface area contributed by atoms with Crippen molar-refractivity contribution in [3.05, 3.63) is 52.6 Å². The summed E-state index contributed by atoms with van der Waals surface area (Å²) in [5, 5.41) is 16.9. The van der Waals surface area contributed by atoms with E-state index in [1.54, 1.807) is 0 Å². The largest absolute Gasteiger partial charge is 0.352 e. The van der Waals surface area contributed by atoms with Crippen LogP contribution in [0, 0.1) is 0 Å². The average Bonchev–Trinajstić information content (AvgIpc) is 2.52. The van der Waals surface area contributed by atoms with Crippen molar-refractivity contribution in [2.24, 2.45) is 0 Å². The van der Waals surface area contributed by atoms with Gasteiger partial charge < -0.3 is 5.32 Å². The van der Waals surface area contributed by atoms with E-state index in [-0.39, 0.29) is 27.4 Å². The fourth-order valence-electron chi connectivity index (χ4n) is 3.43. The van der Waals surface area contributed by atoms with Crippen LogP contribution in [-0.4, -0.2) is 0 Å². The quantitative estimate of drug-likeness (QED) is 0.529. The molecule has 1 N–H and O–H groups in total. The summed E-state index contributed by atoms with van der Waals surface area (Å²) in [5.74, 6) is 0.0916. The normalized spacial score (nSPS) is 13.5. The topological polar surface area (TPSA) is 31.9 Å². The van der Waals surface area contributed by atoms with Gasteiger partial charge in [-0.25, -0.2) is 0 Å². The lowest BCUT2D eigenvalue weighted by molar-refractivity contribution is 0.342. The Kier molecular flexibility index (Phi) is 6.18. The van der Waals surface area contributed by atoms with Gasteiger partial charge in [0.1, 0.15) is 0 Å². The molecule has 0 aromatic heterocycles. The predicted molar refractivity (Wildman–Crippen MR) is 131 cm³/mol. The molecule has 0 unspecified atom stereocenters. The number of nitrogens with one attached hydrogen (secondary N) is 1. The summed E-state index contributed by atoms with van der Waals surface area (Å²) in [4.78, 5) is 0. The summed E-state index contributed by atoms with van der Waals surface area (Å²) in [7, 11) is 0. The third kappa shape index (κ3) is 5.59. The third-order valence-corrected chi connectivity index (χ3v) is 5.71. The number of benzene rings is 2. The van der Waals surface area contributed by atoms with E-state index < -0.39 is 0 Å². The Morgan fingerprint density at radius 1 is 0.533 bits per heavy atom. The second-order valence-corrected chi connectivity index (χ2v) is 12.8.